The van der Waals surface area contributed by atoms with E-state index in [1.807, 2.05) is 6.92 Å². The third-order valence-corrected chi connectivity index (χ3v) is 4.10. The van der Waals surface area contributed by atoms with Gasteiger partial charge < -0.3 is 10.1 Å². The van der Waals surface area contributed by atoms with Crippen molar-refractivity contribution in [3.05, 3.63) is 28.2 Å². The molecule has 0 unspecified atom stereocenters. The predicted octanol–water partition coefficient (Wildman–Crippen LogP) is 1.65. The second kappa shape index (κ2) is 9.20. The maximum Gasteiger partial charge on any atom is 0.359 e. The van der Waals surface area contributed by atoms with E-state index in [0.717, 1.165) is 38.5 Å². The molecule has 1 aromatic heterocycles. The summed E-state index contributed by atoms with van der Waals surface area (Å²) >= 11 is 0. The Hall–Kier alpha value is -2.18. The number of rotatable bonds is 7. The number of aromatic nitrogens is 2. The molecule has 1 aliphatic rings. The fraction of sp³-hybridized carbons (Fsp3) is 0.647. The zero-order chi connectivity index (χ0) is 17.4. The van der Waals surface area contributed by atoms with E-state index in [4.69, 9.17) is 4.74 Å². The summed E-state index contributed by atoms with van der Waals surface area (Å²) in [5, 5.41) is 6.88. The zero-order valence-electron chi connectivity index (χ0n) is 14.1. The smallest absolute Gasteiger partial charge is 0.359 e. The molecule has 0 aliphatic heterocycles. The Morgan fingerprint density at radius 3 is 2.75 bits per heavy atom. The number of nitrogens with zero attached hydrogens (tertiary/aromatic N) is 2. The number of nitrogens with one attached hydrogen (secondary N) is 1. The van der Waals surface area contributed by atoms with Crippen molar-refractivity contribution in [3.8, 4) is 0 Å². The zero-order valence-corrected chi connectivity index (χ0v) is 14.1. The highest BCUT2D eigenvalue weighted by molar-refractivity contribution is 5.89. The minimum Gasteiger partial charge on any atom is -0.451 e. The van der Waals surface area contributed by atoms with Gasteiger partial charge in [-0.15, -0.1) is 0 Å². The second-order valence-electron chi connectivity index (χ2n) is 6.11. The van der Waals surface area contributed by atoms with E-state index < -0.39 is 5.97 Å². The number of hydrogen-bond acceptors (Lipinski definition) is 5. The van der Waals surface area contributed by atoms with Gasteiger partial charge in [-0.05, 0) is 25.3 Å². The molecule has 1 heterocycles. The predicted molar refractivity (Wildman–Crippen MR) is 88.7 cm³/mol. The Morgan fingerprint density at radius 2 is 2.04 bits per heavy atom. The molecule has 1 aliphatic carbocycles. The number of ether oxygens (including phenoxy) is 1. The van der Waals surface area contributed by atoms with Crippen LogP contribution in [-0.2, 0) is 16.1 Å². The average Bonchev–Trinajstić information content (AvgIpc) is 2.60. The van der Waals surface area contributed by atoms with Crippen molar-refractivity contribution in [3.63, 3.8) is 0 Å². The van der Waals surface area contributed by atoms with Crippen LogP contribution in [0.15, 0.2) is 16.9 Å². The molecule has 1 saturated carbocycles. The van der Waals surface area contributed by atoms with Crippen molar-refractivity contribution >= 4 is 11.9 Å². The molecule has 0 radical (unpaired) electrons. The molecule has 0 spiro atoms. The van der Waals surface area contributed by atoms with Crippen LogP contribution >= 0.6 is 0 Å². The van der Waals surface area contributed by atoms with E-state index in [1.54, 1.807) is 0 Å². The summed E-state index contributed by atoms with van der Waals surface area (Å²) in [4.78, 5) is 35.5. The van der Waals surface area contributed by atoms with Gasteiger partial charge in [-0.1, -0.05) is 32.6 Å². The van der Waals surface area contributed by atoms with Gasteiger partial charge in [-0.3, -0.25) is 9.59 Å². The van der Waals surface area contributed by atoms with E-state index in [2.05, 4.69) is 10.4 Å². The fourth-order valence-electron chi connectivity index (χ4n) is 2.75. The molecule has 1 fully saturated rings. The highest BCUT2D eigenvalue weighted by atomic mass is 16.5. The van der Waals surface area contributed by atoms with Crippen LogP contribution < -0.4 is 10.9 Å². The fourth-order valence-corrected chi connectivity index (χ4v) is 2.75. The summed E-state index contributed by atoms with van der Waals surface area (Å²) in [5.41, 5.74) is -0.216. The number of esters is 1. The second-order valence-corrected chi connectivity index (χ2v) is 6.11. The highest BCUT2D eigenvalue weighted by Gasteiger charge is 2.17. The Kier molecular flexibility index (Phi) is 6.96. The molecular weight excluding hydrogens is 310 g/mol. The Morgan fingerprint density at radius 1 is 1.29 bits per heavy atom. The Labute approximate surface area is 141 Å². The normalized spacial score (nSPS) is 15.0. The quantitative estimate of drug-likeness (QED) is 0.765. The summed E-state index contributed by atoms with van der Waals surface area (Å²) in [6, 6.07) is 2.80. The first-order chi connectivity index (χ1) is 11.6. The molecule has 24 heavy (non-hydrogen) atoms. The number of carbonyl (C=O) groups excluding carboxylic acids is 2. The SMILES string of the molecule is CCCCn1nc(C(=O)OCC(=O)NC2CCCCC2)ccc1=O. The number of unbranched alkanes of at least 4 members (excludes halogenated alkanes) is 1. The molecule has 7 nitrogen and oxygen atoms in total. The van der Waals surface area contributed by atoms with Gasteiger partial charge >= 0.3 is 5.97 Å². The molecule has 7 heteroatoms. The lowest BCUT2D eigenvalue weighted by atomic mass is 9.95. The maximum atomic E-state index is 12.0. The van der Waals surface area contributed by atoms with E-state index in [0.29, 0.717) is 6.54 Å². The van der Waals surface area contributed by atoms with Gasteiger partial charge in [0.05, 0.1) is 0 Å². The van der Waals surface area contributed by atoms with Crippen LogP contribution in [0.3, 0.4) is 0 Å². The average molecular weight is 335 g/mol. The summed E-state index contributed by atoms with van der Waals surface area (Å²) in [6.07, 6.45) is 7.12. The van der Waals surface area contributed by atoms with Crippen molar-refractivity contribution in [2.75, 3.05) is 6.61 Å². The minimum atomic E-state index is -0.695. The number of aryl methyl sites for hydroxylation is 1. The van der Waals surface area contributed by atoms with Crippen molar-refractivity contribution in [2.24, 2.45) is 0 Å². The first kappa shape index (κ1) is 18.2. The van der Waals surface area contributed by atoms with Crippen LogP contribution in [0.1, 0.15) is 62.4 Å². The van der Waals surface area contributed by atoms with E-state index >= 15 is 0 Å². The van der Waals surface area contributed by atoms with Crippen molar-refractivity contribution in [1.82, 2.24) is 15.1 Å². The minimum absolute atomic E-state index is 0.0381. The first-order valence-electron chi connectivity index (χ1n) is 8.65. The summed E-state index contributed by atoms with van der Waals surface area (Å²) in [5.74, 6) is -0.992. The van der Waals surface area contributed by atoms with Gasteiger partial charge in [0.15, 0.2) is 12.3 Å². The molecule has 0 bridgehead atoms. The standard InChI is InChI=1S/C17H25N3O4/c1-2-3-11-20-16(22)10-9-14(19-20)17(23)24-12-15(21)18-13-7-5-4-6-8-13/h9-10,13H,2-8,11-12H2,1H3,(H,18,21). The largest absolute Gasteiger partial charge is 0.451 e. The van der Waals surface area contributed by atoms with Crippen LogP contribution in [-0.4, -0.2) is 34.3 Å². The lowest BCUT2D eigenvalue weighted by molar-refractivity contribution is -0.125. The van der Waals surface area contributed by atoms with Crippen LogP contribution in [0.2, 0.25) is 0 Å². The topological polar surface area (TPSA) is 90.3 Å². The van der Waals surface area contributed by atoms with E-state index in [9.17, 15) is 14.4 Å². The van der Waals surface area contributed by atoms with E-state index in [-0.39, 0.29) is 29.8 Å². The molecule has 132 valence electrons. The van der Waals surface area contributed by atoms with Crippen LogP contribution in [0.25, 0.3) is 0 Å². The number of carbonyl (C=O) groups is 2. The van der Waals surface area contributed by atoms with Crippen LogP contribution in [0.5, 0.6) is 0 Å². The van der Waals surface area contributed by atoms with Gasteiger partial charge in [0, 0.05) is 18.7 Å². The van der Waals surface area contributed by atoms with Gasteiger partial charge in [0.1, 0.15) is 0 Å². The van der Waals surface area contributed by atoms with Gasteiger partial charge in [-0.25, -0.2) is 9.48 Å². The number of hydrogen-bond donors (Lipinski definition) is 1. The third kappa shape index (κ3) is 5.47. The number of amides is 1. The summed E-state index contributed by atoms with van der Waals surface area (Å²) in [6.45, 7) is 2.14. The Bertz CT molecular complexity index is 621. The lowest BCUT2D eigenvalue weighted by Gasteiger charge is -2.22. The first-order valence-corrected chi connectivity index (χ1v) is 8.65. The van der Waals surface area contributed by atoms with Crippen LogP contribution in [0.4, 0.5) is 0 Å². The maximum absolute atomic E-state index is 12.0. The molecular formula is C17H25N3O4. The van der Waals surface area contributed by atoms with Crippen molar-refractivity contribution in [2.45, 2.75) is 64.5 Å². The lowest BCUT2D eigenvalue weighted by Crippen LogP contribution is -2.38. The van der Waals surface area contributed by atoms with Gasteiger partial charge in [0.25, 0.3) is 11.5 Å². The molecule has 0 aromatic carbocycles. The Balaban J connectivity index is 1.85. The molecule has 1 aromatic rings. The molecule has 0 saturated heterocycles. The van der Waals surface area contributed by atoms with Gasteiger partial charge in [-0.2, -0.15) is 5.10 Å². The third-order valence-electron chi connectivity index (χ3n) is 4.10. The van der Waals surface area contributed by atoms with Crippen molar-refractivity contribution < 1.29 is 14.3 Å². The molecule has 2 rings (SSSR count). The van der Waals surface area contributed by atoms with Crippen LogP contribution in [0, 0.1) is 0 Å². The van der Waals surface area contributed by atoms with Gasteiger partial charge in [0.2, 0.25) is 0 Å². The highest BCUT2D eigenvalue weighted by Crippen LogP contribution is 2.17. The van der Waals surface area contributed by atoms with E-state index in [1.165, 1.54) is 23.2 Å². The molecule has 0 atom stereocenters. The summed E-state index contributed by atoms with van der Waals surface area (Å²) in [7, 11) is 0. The van der Waals surface area contributed by atoms with Crippen molar-refractivity contribution in [1.29, 1.82) is 0 Å². The summed E-state index contributed by atoms with van der Waals surface area (Å²) < 4.78 is 6.25. The molecule has 1 N–H and O–H groups in total. The monoisotopic (exact) mass is 335 g/mol. The molecule has 1 amide bonds.